The lowest BCUT2D eigenvalue weighted by Gasteiger charge is -2.07. The lowest BCUT2D eigenvalue weighted by Crippen LogP contribution is -2.26. The van der Waals surface area contributed by atoms with Crippen molar-refractivity contribution in [3.8, 4) is 0 Å². The third kappa shape index (κ3) is 3.64. The third-order valence-electron chi connectivity index (χ3n) is 2.72. The summed E-state index contributed by atoms with van der Waals surface area (Å²) in [5.74, 6) is -2.06. The van der Waals surface area contributed by atoms with Crippen molar-refractivity contribution in [2.45, 2.75) is 13.0 Å². The topological polar surface area (TPSA) is 34.0 Å². The minimum Gasteiger partial charge on any atom is -0.354 e. The molecule has 1 aromatic heterocycles. The third-order valence-corrected chi connectivity index (χ3v) is 2.72. The van der Waals surface area contributed by atoms with Gasteiger partial charge in [0, 0.05) is 31.5 Å². The van der Waals surface area contributed by atoms with E-state index < -0.39 is 17.5 Å². The highest BCUT2D eigenvalue weighted by atomic mass is 19.1. The molecule has 1 N–H and O–H groups in total. The first-order chi connectivity index (χ1) is 9.16. The first-order valence-electron chi connectivity index (χ1n) is 6.01. The highest BCUT2D eigenvalue weighted by molar-refractivity contribution is 5.94. The Balaban J connectivity index is 1.81. The number of carbonyl (C=O) groups excluding carboxylic acids is 1. The van der Waals surface area contributed by atoms with E-state index in [1.165, 1.54) is 0 Å². The van der Waals surface area contributed by atoms with E-state index in [0.717, 1.165) is 25.1 Å². The van der Waals surface area contributed by atoms with Crippen molar-refractivity contribution in [3.05, 3.63) is 59.9 Å². The molecule has 1 aromatic carbocycles. The lowest BCUT2D eigenvalue weighted by atomic mass is 10.2. The van der Waals surface area contributed by atoms with E-state index in [0.29, 0.717) is 12.6 Å². The van der Waals surface area contributed by atoms with Gasteiger partial charge in [0.1, 0.15) is 11.6 Å². The fraction of sp³-hybridized carbons (Fsp3) is 0.214. The average molecular weight is 264 g/mol. The first-order valence-corrected chi connectivity index (χ1v) is 6.01. The maximum atomic E-state index is 13.3. The van der Waals surface area contributed by atoms with Crippen molar-refractivity contribution in [3.63, 3.8) is 0 Å². The standard InChI is InChI=1S/C14H14F2N2O/c15-11-4-5-12(13(16)10-11)14(19)17-6-3-9-18-7-1-2-8-18/h1-2,4-5,7-8,10H,3,6,9H2,(H,17,19). The normalized spacial score (nSPS) is 10.4. The molecule has 100 valence electrons. The van der Waals surface area contributed by atoms with Gasteiger partial charge in [-0.25, -0.2) is 8.78 Å². The summed E-state index contributed by atoms with van der Waals surface area (Å²) in [5.41, 5.74) is -0.137. The van der Waals surface area contributed by atoms with Gasteiger partial charge in [-0.1, -0.05) is 0 Å². The van der Waals surface area contributed by atoms with Gasteiger partial charge >= 0.3 is 0 Å². The van der Waals surface area contributed by atoms with Gasteiger partial charge in [0.25, 0.3) is 5.91 Å². The Kier molecular flexibility index (Phi) is 4.28. The fourth-order valence-electron chi connectivity index (χ4n) is 1.75. The summed E-state index contributed by atoms with van der Waals surface area (Å²) in [6, 6.07) is 6.76. The number of carbonyl (C=O) groups is 1. The summed E-state index contributed by atoms with van der Waals surface area (Å²) in [6.45, 7) is 1.22. The summed E-state index contributed by atoms with van der Waals surface area (Å²) >= 11 is 0. The Morgan fingerprint density at radius 2 is 1.95 bits per heavy atom. The van der Waals surface area contributed by atoms with E-state index in [-0.39, 0.29) is 5.56 Å². The Hall–Kier alpha value is -2.17. The van der Waals surface area contributed by atoms with E-state index in [1.807, 2.05) is 29.1 Å². The van der Waals surface area contributed by atoms with Gasteiger partial charge in [-0.3, -0.25) is 4.79 Å². The number of nitrogens with zero attached hydrogens (tertiary/aromatic N) is 1. The smallest absolute Gasteiger partial charge is 0.254 e. The lowest BCUT2D eigenvalue weighted by molar-refractivity contribution is 0.0948. The zero-order valence-electron chi connectivity index (χ0n) is 10.3. The molecule has 0 aliphatic heterocycles. The number of benzene rings is 1. The molecule has 0 aliphatic carbocycles. The quantitative estimate of drug-likeness (QED) is 0.827. The second-order valence-electron chi connectivity index (χ2n) is 4.15. The Morgan fingerprint density at radius 1 is 1.21 bits per heavy atom. The Labute approximate surface area is 109 Å². The number of aromatic nitrogens is 1. The predicted molar refractivity (Wildman–Crippen MR) is 67.7 cm³/mol. The number of amides is 1. The minimum absolute atomic E-state index is 0.137. The summed E-state index contributed by atoms with van der Waals surface area (Å²) < 4.78 is 28.0. The molecule has 3 nitrogen and oxygen atoms in total. The van der Waals surface area contributed by atoms with Crippen LogP contribution in [0.5, 0.6) is 0 Å². The van der Waals surface area contributed by atoms with Crippen LogP contribution in [0.25, 0.3) is 0 Å². The van der Waals surface area contributed by atoms with Gasteiger partial charge in [-0.2, -0.15) is 0 Å². The predicted octanol–water partition coefficient (Wildman–Crippen LogP) is 2.59. The van der Waals surface area contributed by atoms with Crippen LogP contribution < -0.4 is 5.32 Å². The Bertz CT molecular complexity index is 553. The molecular formula is C14H14F2N2O. The number of aryl methyl sites for hydroxylation is 1. The van der Waals surface area contributed by atoms with E-state index in [2.05, 4.69) is 5.32 Å². The molecule has 0 atom stereocenters. The largest absolute Gasteiger partial charge is 0.354 e. The molecule has 0 saturated heterocycles. The molecule has 0 spiro atoms. The van der Waals surface area contributed by atoms with Crippen LogP contribution in [0.3, 0.4) is 0 Å². The van der Waals surface area contributed by atoms with E-state index in [9.17, 15) is 13.6 Å². The monoisotopic (exact) mass is 264 g/mol. The van der Waals surface area contributed by atoms with Crippen molar-refractivity contribution in [1.29, 1.82) is 0 Å². The van der Waals surface area contributed by atoms with Crippen LogP contribution in [-0.2, 0) is 6.54 Å². The van der Waals surface area contributed by atoms with E-state index >= 15 is 0 Å². The molecular weight excluding hydrogens is 250 g/mol. The van der Waals surface area contributed by atoms with Gasteiger partial charge in [0.15, 0.2) is 0 Å². The van der Waals surface area contributed by atoms with Gasteiger partial charge in [-0.05, 0) is 30.7 Å². The molecule has 0 bridgehead atoms. The van der Waals surface area contributed by atoms with Crippen molar-refractivity contribution >= 4 is 5.91 Å². The average Bonchev–Trinajstić information content (AvgIpc) is 2.87. The van der Waals surface area contributed by atoms with Crippen LogP contribution in [0.4, 0.5) is 8.78 Å². The highest BCUT2D eigenvalue weighted by Crippen LogP contribution is 2.09. The zero-order valence-corrected chi connectivity index (χ0v) is 10.3. The molecule has 1 heterocycles. The zero-order chi connectivity index (χ0) is 13.7. The van der Waals surface area contributed by atoms with Gasteiger partial charge in [-0.15, -0.1) is 0 Å². The molecule has 0 unspecified atom stereocenters. The van der Waals surface area contributed by atoms with Crippen molar-refractivity contribution in [2.75, 3.05) is 6.54 Å². The number of halogens is 2. The van der Waals surface area contributed by atoms with Crippen molar-refractivity contribution < 1.29 is 13.6 Å². The second kappa shape index (κ2) is 6.13. The molecule has 0 fully saturated rings. The number of rotatable bonds is 5. The summed E-state index contributed by atoms with van der Waals surface area (Å²) in [5, 5.41) is 2.61. The molecule has 19 heavy (non-hydrogen) atoms. The second-order valence-corrected chi connectivity index (χ2v) is 4.15. The summed E-state index contributed by atoms with van der Waals surface area (Å²) in [4.78, 5) is 11.7. The molecule has 0 saturated carbocycles. The SMILES string of the molecule is O=C(NCCCn1cccc1)c1ccc(F)cc1F. The van der Waals surface area contributed by atoms with Crippen LogP contribution >= 0.6 is 0 Å². The van der Waals surface area contributed by atoms with E-state index in [1.54, 1.807) is 0 Å². The molecule has 0 radical (unpaired) electrons. The molecule has 2 rings (SSSR count). The van der Waals surface area contributed by atoms with Gasteiger partial charge < -0.3 is 9.88 Å². The number of hydrogen-bond donors (Lipinski definition) is 1. The van der Waals surface area contributed by atoms with Crippen molar-refractivity contribution in [2.24, 2.45) is 0 Å². The van der Waals surface area contributed by atoms with E-state index in [4.69, 9.17) is 0 Å². The first kappa shape index (κ1) is 13.3. The number of hydrogen-bond acceptors (Lipinski definition) is 1. The maximum absolute atomic E-state index is 13.3. The molecule has 0 aliphatic rings. The van der Waals surface area contributed by atoms with Gasteiger partial charge in [0.2, 0.25) is 0 Å². The fourth-order valence-corrected chi connectivity index (χ4v) is 1.75. The Morgan fingerprint density at radius 3 is 2.63 bits per heavy atom. The molecule has 5 heteroatoms. The molecule has 2 aromatic rings. The molecule has 1 amide bonds. The van der Waals surface area contributed by atoms with Crippen LogP contribution in [0.2, 0.25) is 0 Å². The van der Waals surface area contributed by atoms with Crippen LogP contribution in [0.15, 0.2) is 42.7 Å². The van der Waals surface area contributed by atoms with Crippen molar-refractivity contribution in [1.82, 2.24) is 9.88 Å². The highest BCUT2D eigenvalue weighted by Gasteiger charge is 2.11. The summed E-state index contributed by atoms with van der Waals surface area (Å²) in [6.07, 6.45) is 4.60. The number of nitrogens with one attached hydrogen (secondary N) is 1. The summed E-state index contributed by atoms with van der Waals surface area (Å²) in [7, 11) is 0. The van der Waals surface area contributed by atoms with Gasteiger partial charge in [0.05, 0.1) is 5.56 Å². The maximum Gasteiger partial charge on any atom is 0.254 e. The minimum atomic E-state index is -0.845. The van der Waals surface area contributed by atoms with Crippen LogP contribution in [-0.4, -0.2) is 17.0 Å². The van der Waals surface area contributed by atoms with Crippen LogP contribution in [0.1, 0.15) is 16.8 Å². The van der Waals surface area contributed by atoms with Crippen LogP contribution in [0, 0.1) is 11.6 Å².